The number of H-pyrrole nitrogens is 1. The van der Waals surface area contributed by atoms with Gasteiger partial charge in [0.1, 0.15) is 6.33 Å². The van der Waals surface area contributed by atoms with Gasteiger partial charge in [0.25, 0.3) is 0 Å². The van der Waals surface area contributed by atoms with Crippen molar-refractivity contribution in [1.82, 2.24) is 25.2 Å². The minimum absolute atomic E-state index is 0.475. The van der Waals surface area contributed by atoms with Gasteiger partial charge in [0.2, 0.25) is 5.95 Å². The molecule has 7 nitrogen and oxygen atoms in total. The maximum atomic E-state index is 6.04. The molecule has 4 rings (SSSR count). The Balaban J connectivity index is 1.58. The number of hydrogen-bond donors (Lipinski definition) is 2. The van der Waals surface area contributed by atoms with E-state index in [2.05, 4.69) is 36.8 Å². The third-order valence-corrected chi connectivity index (χ3v) is 5.73. The number of nitrogens with one attached hydrogen (secondary N) is 2. The van der Waals surface area contributed by atoms with E-state index in [1.54, 1.807) is 23.9 Å². The van der Waals surface area contributed by atoms with Crippen LogP contribution in [0.3, 0.4) is 0 Å². The number of aromatic nitrogens is 4. The Morgan fingerprint density at radius 2 is 2.04 bits per heavy atom. The number of thioether (sulfide) groups is 1. The average molecular weight is 420 g/mol. The zero-order valence-corrected chi connectivity index (χ0v) is 16.8. The van der Waals surface area contributed by atoms with E-state index < -0.39 is 0 Å². The van der Waals surface area contributed by atoms with Crippen LogP contribution in [0.15, 0.2) is 40.7 Å². The molecule has 0 bridgehead atoms. The smallest absolute Gasteiger partial charge is 0.229 e. The molecular formula is C17H15Cl2N7S. The normalized spacial score (nSPS) is 15.7. The van der Waals surface area contributed by atoms with Gasteiger partial charge in [-0.1, -0.05) is 35.0 Å². The van der Waals surface area contributed by atoms with E-state index in [1.165, 1.54) is 6.33 Å². The Kier molecular flexibility index (Phi) is 4.94. The predicted molar refractivity (Wildman–Crippen MR) is 111 cm³/mol. The lowest BCUT2D eigenvalue weighted by atomic mass is 10.1. The highest BCUT2D eigenvalue weighted by Gasteiger charge is 2.20. The van der Waals surface area contributed by atoms with E-state index in [1.807, 2.05) is 24.5 Å². The Morgan fingerprint density at radius 1 is 1.19 bits per heavy atom. The maximum absolute atomic E-state index is 6.04. The van der Waals surface area contributed by atoms with Crippen LogP contribution in [0.25, 0.3) is 5.95 Å². The number of halogens is 2. The third-order valence-electron chi connectivity index (χ3n) is 4.12. The van der Waals surface area contributed by atoms with Gasteiger partial charge in [-0.15, -0.1) is 0 Å². The SMILES string of the molecule is Cc1cc(C2=NNC(=Nc3ccc(Cl)c(Cl)c3)SC2)c(C)n1-c1ncn[nH]1. The van der Waals surface area contributed by atoms with Crippen LogP contribution in [-0.4, -0.2) is 36.4 Å². The van der Waals surface area contributed by atoms with Gasteiger partial charge >= 0.3 is 0 Å². The van der Waals surface area contributed by atoms with Crippen LogP contribution in [0.5, 0.6) is 0 Å². The number of hydrogen-bond acceptors (Lipinski definition) is 5. The molecule has 3 aromatic rings. The molecule has 1 aromatic carbocycles. The van der Waals surface area contributed by atoms with Crippen LogP contribution >= 0.6 is 35.0 Å². The molecule has 10 heteroatoms. The van der Waals surface area contributed by atoms with Crippen molar-refractivity contribution in [1.29, 1.82) is 0 Å². The largest absolute Gasteiger partial charge is 0.287 e. The second kappa shape index (κ2) is 7.38. The van der Waals surface area contributed by atoms with Gasteiger partial charge in [0, 0.05) is 22.7 Å². The van der Waals surface area contributed by atoms with Gasteiger partial charge in [0.05, 0.1) is 21.4 Å². The van der Waals surface area contributed by atoms with Crippen LogP contribution in [0, 0.1) is 13.8 Å². The number of benzene rings is 1. The minimum atomic E-state index is 0.475. The fourth-order valence-corrected chi connectivity index (χ4v) is 3.94. The van der Waals surface area contributed by atoms with Crippen molar-refractivity contribution >= 4 is 51.5 Å². The first-order valence-corrected chi connectivity index (χ1v) is 9.81. The van der Waals surface area contributed by atoms with Gasteiger partial charge in [-0.3, -0.25) is 9.99 Å². The molecule has 0 spiro atoms. The minimum Gasteiger partial charge on any atom is -0.287 e. The van der Waals surface area contributed by atoms with Gasteiger partial charge in [0.15, 0.2) is 5.17 Å². The molecule has 0 atom stereocenters. The number of amidine groups is 1. The molecule has 0 saturated heterocycles. The summed E-state index contributed by atoms with van der Waals surface area (Å²) in [7, 11) is 0. The Hall–Kier alpha value is -2.29. The fourth-order valence-electron chi connectivity index (χ4n) is 2.87. The molecule has 0 amide bonds. The topological polar surface area (TPSA) is 83.2 Å². The third kappa shape index (κ3) is 3.60. The summed E-state index contributed by atoms with van der Waals surface area (Å²) in [6, 6.07) is 7.36. The number of aromatic amines is 1. The van der Waals surface area contributed by atoms with Gasteiger partial charge < -0.3 is 0 Å². The Bertz CT molecular complexity index is 1050. The zero-order chi connectivity index (χ0) is 19.0. The molecular weight excluding hydrogens is 405 g/mol. The molecule has 0 fully saturated rings. The summed E-state index contributed by atoms with van der Waals surface area (Å²) in [6.07, 6.45) is 1.50. The van der Waals surface area contributed by atoms with Crippen molar-refractivity contribution in [3.8, 4) is 5.95 Å². The molecule has 1 aliphatic heterocycles. The molecule has 0 radical (unpaired) electrons. The zero-order valence-electron chi connectivity index (χ0n) is 14.5. The van der Waals surface area contributed by atoms with Crippen molar-refractivity contribution in [3.63, 3.8) is 0 Å². The number of aryl methyl sites for hydroxylation is 1. The monoisotopic (exact) mass is 419 g/mol. The second-order valence-electron chi connectivity index (χ2n) is 5.90. The molecule has 2 aromatic heterocycles. The van der Waals surface area contributed by atoms with E-state index in [9.17, 15) is 0 Å². The van der Waals surface area contributed by atoms with Crippen LogP contribution in [0.4, 0.5) is 5.69 Å². The van der Waals surface area contributed by atoms with Crippen LogP contribution in [-0.2, 0) is 0 Å². The number of nitrogens with zero attached hydrogens (tertiary/aromatic N) is 5. The van der Waals surface area contributed by atoms with E-state index in [0.29, 0.717) is 26.9 Å². The standard InChI is InChI=1S/C17H15Cl2N7S/c1-9-5-12(10(2)26(9)16-20-8-21-24-16)15-7-27-17(25-23-15)22-11-3-4-13(18)14(19)6-11/h3-6,8H,7H2,1-2H3,(H,22,25)(H,20,21,24). The molecule has 0 aliphatic carbocycles. The number of hydrazone groups is 1. The highest BCUT2D eigenvalue weighted by atomic mass is 35.5. The van der Waals surface area contributed by atoms with Crippen molar-refractivity contribution in [2.24, 2.45) is 10.1 Å². The lowest BCUT2D eigenvalue weighted by Gasteiger charge is -2.15. The number of aliphatic imine (C=N–C) groups is 1. The van der Waals surface area contributed by atoms with E-state index >= 15 is 0 Å². The quantitative estimate of drug-likeness (QED) is 0.664. The Labute approximate surface area is 169 Å². The summed E-state index contributed by atoms with van der Waals surface area (Å²) in [5.74, 6) is 1.39. The highest BCUT2D eigenvalue weighted by Crippen LogP contribution is 2.28. The van der Waals surface area contributed by atoms with E-state index in [-0.39, 0.29) is 0 Å². The highest BCUT2D eigenvalue weighted by molar-refractivity contribution is 8.14. The lowest BCUT2D eigenvalue weighted by Crippen LogP contribution is -2.25. The van der Waals surface area contributed by atoms with Crippen LogP contribution in [0.2, 0.25) is 10.0 Å². The lowest BCUT2D eigenvalue weighted by molar-refractivity contribution is 0.877. The number of rotatable bonds is 3. The molecule has 1 aliphatic rings. The fraction of sp³-hybridized carbons (Fsp3) is 0.176. The van der Waals surface area contributed by atoms with Crippen molar-refractivity contribution in [2.45, 2.75) is 13.8 Å². The van der Waals surface area contributed by atoms with Crippen molar-refractivity contribution in [3.05, 3.63) is 57.6 Å². The molecule has 0 unspecified atom stereocenters. The van der Waals surface area contributed by atoms with E-state index in [4.69, 9.17) is 23.2 Å². The first-order valence-electron chi connectivity index (χ1n) is 8.07. The van der Waals surface area contributed by atoms with Crippen LogP contribution in [0.1, 0.15) is 17.0 Å². The molecule has 27 heavy (non-hydrogen) atoms. The van der Waals surface area contributed by atoms with Crippen molar-refractivity contribution < 1.29 is 0 Å². The first kappa shape index (κ1) is 18.1. The summed E-state index contributed by atoms with van der Waals surface area (Å²) in [6.45, 7) is 4.07. The summed E-state index contributed by atoms with van der Waals surface area (Å²) < 4.78 is 2.02. The van der Waals surface area contributed by atoms with Gasteiger partial charge in [-0.05, 0) is 38.1 Å². The summed E-state index contributed by atoms with van der Waals surface area (Å²) in [4.78, 5) is 8.76. The summed E-state index contributed by atoms with van der Waals surface area (Å²) in [5, 5.41) is 13.0. The summed E-state index contributed by atoms with van der Waals surface area (Å²) >= 11 is 13.6. The summed E-state index contributed by atoms with van der Waals surface area (Å²) in [5.41, 5.74) is 7.87. The van der Waals surface area contributed by atoms with Crippen molar-refractivity contribution in [2.75, 3.05) is 5.75 Å². The van der Waals surface area contributed by atoms with Crippen LogP contribution < -0.4 is 5.43 Å². The average Bonchev–Trinajstić information content (AvgIpc) is 3.27. The Morgan fingerprint density at radius 3 is 2.70 bits per heavy atom. The molecule has 3 heterocycles. The molecule has 2 N–H and O–H groups in total. The van der Waals surface area contributed by atoms with Gasteiger partial charge in [-0.25, -0.2) is 10.1 Å². The maximum Gasteiger partial charge on any atom is 0.229 e. The molecule has 0 saturated carbocycles. The predicted octanol–water partition coefficient (Wildman–Crippen LogP) is 4.25. The van der Waals surface area contributed by atoms with Gasteiger partial charge in [-0.2, -0.15) is 15.2 Å². The first-order chi connectivity index (χ1) is 13.0. The second-order valence-corrected chi connectivity index (χ2v) is 7.68. The van der Waals surface area contributed by atoms with E-state index in [0.717, 1.165) is 28.4 Å². The molecule has 138 valence electrons.